The fourth-order valence-corrected chi connectivity index (χ4v) is 2.11. The molecule has 0 aliphatic rings. The molecule has 2 nitrogen and oxygen atoms in total. The van der Waals surface area contributed by atoms with E-state index in [9.17, 15) is 0 Å². The van der Waals surface area contributed by atoms with E-state index in [4.69, 9.17) is 9.47 Å². The molecule has 2 unspecified atom stereocenters. The number of methoxy groups -OCH3 is 1. The zero-order chi connectivity index (χ0) is 14.1. The van der Waals surface area contributed by atoms with Crippen molar-refractivity contribution in [3.05, 3.63) is 29.8 Å². The Morgan fingerprint density at radius 2 is 2.00 bits per heavy atom. The van der Waals surface area contributed by atoms with Crippen LogP contribution in [0.15, 0.2) is 24.3 Å². The zero-order valence-electron chi connectivity index (χ0n) is 12.8. The lowest BCUT2D eigenvalue weighted by Gasteiger charge is -2.17. The van der Waals surface area contributed by atoms with Crippen LogP contribution in [-0.4, -0.2) is 13.7 Å². The fourth-order valence-electron chi connectivity index (χ4n) is 2.11. The van der Waals surface area contributed by atoms with Gasteiger partial charge in [0.2, 0.25) is 0 Å². The highest BCUT2D eigenvalue weighted by Crippen LogP contribution is 2.22. The van der Waals surface area contributed by atoms with E-state index in [0.29, 0.717) is 5.92 Å². The Bertz CT molecular complexity index is 349. The maximum absolute atomic E-state index is 5.94. The van der Waals surface area contributed by atoms with Gasteiger partial charge in [-0.2, -0.15) is 0 Å². The second kappa shape index (κ2) is 8.98. The Balaban J connectivity index is 2.52. The molecule has 2 atom stereocenters. The van der Waals surface area contributed by atoms with Gasteiger partial charge in [0, 0.05) is 7.11 Å². The van der Waals surface area contributed by atoms with E-state index >= 15 is 0 Å². The summed E-state index contributed by atoms with van der Waals surface area (Å²) < 4.78 is 11.3. The van der Waals surface area contributed by atoms with E-state index in [1.54, 1.807) is 7.11 Å². The van der Waals surface area contributed by atoms with Gasteiger partial charge < -0.3 is 9.47 Å². The van der Waals surface area contributed by atoms with Gasteiger partial charge >= 0.3 is 0 Å². The topological polar surface area (TPSA) is 18.5 Å². The van der Waals surface area contributed by atoms with Crippen LogP contribution in [0.5, 0.6) is 5.75 Å². The van der Waals surface area contributed by atoms with Crippen LogP contribution in [0.2, 0.25) is 0 Å². The highest BCUT2D eigenvalue weighted by Gasteiger charge is 2.08. The predicted octanol–water partition coefficient (Wildman–Crippen LogP) is 4.99. The van der Waals surface area contributed by atoms with Gasteiger partial charge in [0.15, 0.2) is 0 Å². The molecule has 1 rings (SSSR count). The molecule has 0 radical (unpaired) electrons. The second-order valence-corrected chi connectivity index (χ2v) is 5.18. The fraction of sp³-hybridized carbons (Fsp3) is 0.647. The van der Waals surface area contributed by atoms with Crippen molar-refractivity contribution in [2.24, 2.45) is 5.92 Å². The van der Waals surface area contributed by atoms with E-state index < -0.39 is 0 Å². The van der Waals surface area contributed by atoms with Crippen molar-refractivity contribution in [2.75, 3.05) is 13.7 Å². The molecule has 1 aromatic rings. The van der Waals surface area contributed by atoms with Gasteiger partial charge in [-0.1, -0.05) is 45.2 Å². The first-order chi connectivity index (χ1) is 9.21. The van der Waals surface area contributed by atoms with Crippen LogP contribution in [0, 0.1) is 5.92 Å². The first-order valence-electron chi connectivity index (χ1n) is 7.46. The van der Waals surface area contributed by atoms with Crippen molar-refractivity contribution in [1.82, 2.24) is 0 Å². The monoisotopic (exact) mass is 264 g/mol. The lowest BCUT2D eigenvalue weighted by Crippen LogP contribution is -2.11. The maximum Gasteiger partial charge on any atom is 0.119 e. The third-order valence-corrected chi connectivity index (χ3v) is 3.71. The molecule has 0 aromatic heterocycles. The van der Waals surface area contributed by atoms with Crippen molar-refractivity contribution >= 4 is 0 Å². The molecule has 0 N–H and O–H groups in total. The minimum atomic E-state index is 0.116. The second-order valence-electron chi connectivity index (χ2n) is 5.18. The summed E-state index contributed by atoms with van der Waals surface area (Å²) in [5, 5.41) is 0. The zero-order valence-corrected chi connectivity index (χ0v) is 12.8. The van der Waals surface area contributed by atoms with Gasteiger partial charge in [0.05, 0.1) is 12.7 Å². The van der Waals surface area contributed by atoms with Crippen molar-refractivity contribution in [1.29, 1.82) is 0 Å². The van der Waals surface area contributed by atoms with E-state index in [2.05, 4.69) is 32.9 Å². The molecule has 0 heterocycles. The van der Waals surface area contributed by atoms with Crippen LogP contribution < -0.4 is 4.74 Å². The molecule has 2 heteroatoms. The Morgan fingerprint density at radius 3 is 2.63 bits per heavy atom. The van der Waals surface area contributed by atoms with E-state index in [0.717, 1.165) is 12.4 Å². The SMILES string of the molecule is CCCCC(CC)COc1cccc(C(C)OC)c1. The average molecular weight is 264 g/mol. The van der Waals surface area contributed by atoms with Gasteiger partial charge in [0.25, 0.3) is 0 Å². The maximum atomic E-state index is 5.94. The standard InChI is InChI=1S/C17H28O2/c1-5-7-9-15(6-2)13-19-17-11-8-10-16(12-17)14(3)18-4/h8,10-12,14-15H,5-7,9,13H2,1-4H3. The van der Waals surface area contributed by atoms with Crippen LogP contribution in [-0.2, 0) is 4.74 Å². The van der Waals surface area contributed by atoms with Crippen LogP contribution in [0.1, 0.15) is 58.1 Å². The molecule has 1 aromatic carbocycles. The molecule has 0 amide bonds. The highest BCUT2D eigenvalue weighted by molar-refractivity contribution is 5.29. The Kier molecular flexibility index (Phi) is 7.57. The molecule has 0 saturated carbocycles. The van der Waals surface area contributed by atoms with Gasteiger partial charge in [0.1, 0.15) is 5.75 Å². The summed E-state index contributed by atoms with van der Waals surface area (Å²) in [7, 11) is 1.73. The van der Waals surface area contributed by atoms with Crippen molar-refractivity contribution in [3.63, 3.8) is 0 Å². The molecule has 19 heavy (non-hydrogen) atoms. The molecular formula is C17H28O2. The highest BCUT2D eigenvalue weighted by atomic mass is 16.5. The van der Waals surface area contributed by atoms with Crippen LogP contribution in [0.4, 0.5) is 0 Å². The summed E-state index contributed by atoms with van der Waals surface area (Å²) in [5.74, 6) is 1.62. The summed E-state index contributed by atoms with van der Waals surface area (Å²) in [6.45, 7) is 7.35. The minimum Gasteiger partial charge on any atom is -0.493 e. The number of hydrogen-bond acceptors (Lipinski definition) is 2. The van der Waals surface area contributed by atoms with E-state index in [-0.39, 0.29) is 6.10 Å². The summed E-state index contributed by atoms with van der Waals surface area (Å²) >= 11 is 0. The average Bonchev–Trinajstić information content (AvgIpc) is 2.47. The Hall–Kier alpha value is -1.02. The third-order valence-electron chi connectivity index (χ3n) is 3.71. The number of unbranched alkanes of at least 4 members (excludes halogenated alkanes) is 1. The van der Waals surface area contributed by atoms with Crippen LogP contribution in [0.3, 0.4) is 0 Å². The van der Waals surface area contributed by atoms with Crippen LogP contribution in [0.25, 0.3) is 0 Å². The molecule has 0 bridgehead atoms. The smallest absolute Gasteiger partial charge is 0.119 e. The summed E-state index contributed by atoms with van der Waals surface area (Å²) in [6, 6.07) is 8.22. The predicted molar refractivity (Wildman–Crippen MR) is 80.7 cm³/mol. The van der Waals surface area contributed by atoms with Gasteiger partial charge in [-0.25, -0.2) is 0 Å². The summed E-state index contributed by atoms with van der Waals surface area (Å²) in [4.78, 5) is 0. The summed E-state index contributed by atoms with van der Waals surface area (Å²) in [5.41, 5.74) is 1.17. The molecule has 0 fully saturated rings. The van der Waals surface area contributed by atoms with Gasteiger partial charge in [-0.05, 0) is 37.0 Å². The molecule has 0 aliphatic carbocycles. The van der Waals surface area contributed by atoms with E-state index in [1.807, 2.05) is 12.1 Å². The minimum absolute atomic E-state index is 0.116. The molecule has 108 valence electrons. The first-order valence-corrected chi connectivity index (χ1v) is 7.46. The van der Waals surface area contributed by atoms with E-state index in [1.165, 1.54) is 31.2 Å². The number of rotatable bonds is 9. The molecule has 0 spiro atoms. The largest absolute Gasteiger partial charge is 0.493 e. The lowest BCUT2D eigenvalue weighted by molar-refractivity contribution is 0.119. The quantitative estimate of drug-likeness (QED) is 0.625. The van der Waals surface area contributed by atoms with Gasteiger partial charge in [-0.3, -0.25) is 0 Å². The van der Waals surface area contributed by atoms with Crippen LogP contribution >= 0.6 is 0 Å². The first kappa shape index (κ1) is 16.0. The van der Waals surface area contributed by atoms with Gasteiger partial charge in [-0.15, -0.1) is 0 Å². The Labute approximate surface area is 118 Å². The van der Waals surface area contributed by atoms with Crippen molar-refractivity contribution in [3.8, 4) is 5.75 Å². The number of benzene rings is 1. The third kappa shape index (κ3) is 5.65. The Morgan fingerprint density at radius 1 is 1.21 bits per heavy atom. The number of hydrogen-bond donors (Lipinski definition) is 0. The molecule has 0 aliphatic heterocycles. The molecular weight excluding hydrogens is 236 g/mol. The summed E-state index contributed by atoms with van der Waals surface area (Å²) in [6.07, 6.45) is 5.13. The number of ether oxygens (including phenoxy) is 2. The normalized spacial score (nSPS) is 14.1. The lowest BCUT2D eigenvalue weighted by atomic mass is 10.0. The van der Waals surface area contributed by atoms with Crippen molar-refractivity contribution < 1.29 is 9.47 Å². The van der Waals surface area contributed by atoms with Crippen molar-refractivity contribution in [2.45, 2.75) is 52.6 Å². The molecule has 0 saturated heterocycles.